The topological polar surface area (TPSA) is 91.3 Å². The number of methoxy groups -OCH3 is 2. The summed E-state index contributed by atoms with van der Waals surface area (Å²) >= 11 is 7.20. The molecule has 0 aliphatic carbocycles. The van der Waals surface area contributed by atoms with Crippen LogP contribution in [-0.2, 0) is 22.7 Å². The molecule has 2 amide bonds. The Balaban J connectivity index is 0.982. The third-order valence-electron chi connectivity index (χ3n) is 11.5. The van der Waals surface area contributed by atoms with E-state index < -0.39 is 0 Å². The standard InChI is InChI=1S/C41H45ClN6O4/c1-26-32(13-14-43-38(26)29-9-10-30(36(15-29)51-4)16-45-18-40(19-45)22-47(23-40)27(2)49)33-7-6-8-34(37(33)42)35-12-11-31(39(44-35)52-5)17-46-20-41(21-46)24-48(25-41)28(3)50/h6-15H,16-25H2,1-5H3. The lowest BCUT2D eigenvalue weighted by atomic mass is 9.72. The summed E-state index contributed by atoms with van der Waals surface area (Å²) in [6, 6.07) is 18.5. The van der Waals surface area contributed by atoms with Crippen molar-refractivity contribution < 1.29 is 19.1 Å². The highest BCUT2D eigenvalue weighted by Crippen LogP contribution is 2.44. The van der Waals surface area contributed by atoms with E-state index in [1.54, 1.807) is 28.1 Å². The number of rotatable bonds is 9. The van der Waals surface area contributed by atoms with E-state index in [-0.39, 0.29) is 22.6 Å². The van der Waals surface area contributed by atoms with Crippen LogP contribution in [0.15, 0.2) is 60.8 Å². The lowest BCUT2D eigenvalue weighted by molar-refractivity contribution is -0.158. The Morgan fingerprint density at radius 2 is 1.35 bits per heavy atom. The zero-order valence-corrected chi connectivity index (χ0v) is 31.3. The van der Waals surface area contributed by atoms with Crippen LogP contribution in [0.1, 0.15) is 30.5 Å². The third kappa shape index (κ3) is 6.10. The number of aromatic nitrogens is 2. The fourth-order valence-electron chi connectivity index (χ4n) is 8.88. The molecule has 0 bridgehead atoms. The lowest BCUT2D eigenvalue weighted by Crippen LogP contribution is -2.72. The molecule has 11 heteroatoms. The van der Waals surface area contributed by atoms with Gasteiger partial charge in [0.1, 0.15) is 5.75 Å². The van der Waals surface area contributed by atoms with Crippen LogP contribution in [0.3, 0.4) is 0 Å². The maximum Gasteiger partial charge on any atom is 0.219 e. The highest BCUT2D eigenvalue weighted by atomic mass is 35.5. The molecule has 4 aromatic rings. The van der Waals surface area contributed by atoms with Gasteiger partial charge in [0.25, 0.3) is 0 Å². The second-order valence-electron chi connectivity index (χ2n) is 15.4. The van der Waals surface area contributed by atoms with Gasteiger partial charge in [-0.1, -0.05) is 48.0 Å². The van der Waals surface area contributed by atoms with Gasteiger partial charge in [-0.05, 0) is 36.2 Å². The maximum atomic E-state index is 11.7. The first kappa shape index (κ1) is 34.6. The Labute approximate surface area is 310 Å². The van der Waals surface area contributed by atoms with Gasteiger partial charge in [0.05, 0.1) is 30.6 Å². The van der Waals surface area contributed by atoms with Crippen molar-refractivity contribution in [2.75, 3.05) is 66.6 Å². The summed E-state index contributed by atoms with van der Waals surface area (Å²) < 4.78 is 11.7. The van der Waals surface area contributed by atoms with E-state index >= 15 is 0 Å². The van der Waals surface area contributed by atoms with E-state index in [1.807, 2.05) is 46.3 Å². The molecule has 2 spiro atoms. The number of carbonyl (C=O) groups excluding carboxylic acids is 2. The van der Waals surface area contributed by atoms with Crippen molar-refractivity contribution in [2.45, 2.75) is 33.9 Å². The first-order valence-electron chi connectivity index (χ1n) is 17.9. The van der Waals surface area contributed by atoms with Gasteiger partial charge in [-0.25, -0.2) is 4.98 Å². The molecule has 270 valence electrons. The fourth-order valence-corrected chi connectivity index (χ4v) is 9.20. The second-order valence-corrected chi connectivity index (χ2v) is 15.8. The van der Waals surface area contributed by atoms with Crippen LogP contribution in [0.5, 0.6) is 11.6 Å². The van der Waals surface area contributed by atoms with Crippen molar-refractivity contribution in [3.8, 4) is 45.3 Å². The number of ether oxygens (including phenoxy) is 2. The number of carbonyl (C=O) groups is 2. The molecule has 4 aliphatic rings. The highest BCUT2D eigenvalue weighted by molar-refractivity contribution is 6.36. The number of benzene rings is 2. The van der Waals surface area contributed by atoms with E-state index in [1.165, 1.54) is 0 Å². The summed E-state index contributed by atoms with van der Waals surface area (Å²) in [5, 5.41) is 0.618. The molecule has 2 aromatic carbocycles. The van der Waals surface area contributed by atoms with E-state index in [4.69, 9.17) is 31.0 Å². The van der Waals surface area contributed by atoms with Gasteiger partial charge in [-0.3, -0.25) is 24.4 Å². The zero-order chi connectivity index (χ0) is 36.4. The Bertz CT molecular complexity index is 1910. The minimum Gasteiger partial charge on any atom is -0.496 e. The maximum absolute atomic E-state index is 11.7. The van der Waals surface area contributed by atoms with E-state index in [2.05, 4.69) is 41.0 Å². The number of hydrogen-bond acceptors (Lipinski definition) is 8. The molecular weight excluding hydrogens is 676 g/mol. The molecule has 10 nitrogen and oxygen atoms in total. The summed E-state index contributed by atoms with van der Waals surface area (Å²) in [5.41, 5.74) is 9.03. The SMILES string of the molecule is COc1cc(-c2nccc(-c3cccc(-c4ccc(CN5CC6(C5)CN(C(C)=O)C6)c(OC)n4)c3Cl)c2C)ccc1CN1CC2(C1)CN(C(C)=O)C2. The largest absolute Gasteiger partial charge is 0.496 e. The number of likely N-dealkylation sites (tertiary alicyclic amines) is 4. The molecule has 2 aromatic heterocycles. The zero-order valence-electron chi connectivity index (χ0n) is 30.5. The van der Waals surface area contributed by atoms with Crippen molar-refractivity contribution in [1.82, 2.24) is 29.6 Å². The van der Waals surface area contributed by atoms with E-state index in [0.29, 0.717) is 10.9 Å². The van der Waals surface area contributed by atoms with Crippen LogP contribution < -0.4 is 9.47 Å². The van der Waals surface area contributed by atoms with Crippen molar-refractivity contribution >= 4 is 23.4 Å². The van der Waals surface area contributed by atoms with Gasteiger partial charge in [-0.2, -0.15) is 0 Å². The molecular formula is C41H45ClN6O4. The minimum absolute atomic E-state index is 0.157. The molecule has 4 aliphatic heterocycles. The first-order valence-corrected chi connectivity index (χ1v) is 18.3. The first-order chi connectivity index (χ1) is 25.0. The Kier molecular flexibility index (Phi) is 8.75. The summed E-state index contributed by atoms with van der Waals surface area (Å²) in [5.74, 6) is 1.75. The Hall–Kier alpha value is -4.51. The summed E-state index contributed by atoms with van der Waals surface area (Å²) in [6.07, 6.45) is 1.83. The molecule has 0 atom stereocenters. The molecule has 4 saturated heterocycles. The normalized spacial score (nSPS) is 18.7. The van der Waals surface area contributed by atoms with Gasteiger partial charge in [0.15, 0.2) is 0 Å². The van der Waals surface area contributed by atoms with Gasteiger partial charge in [0, 0.05) is 124 Å². The molecule has 0 unspecified atom stereocenters. The smallest absolute Gasteiger partial charge is 0.219 e. The van der Waals surface area contributed by atoms with E-state index in [0.717, 1.165) is 122 Å². The van der Waals surface area contributed by atoms with Gasteiger partial charge >= 0.3 is 0 Å². The van der Waals surface area contributed by atoms with Gasteiger partial charge < -0.3 is 19.3 Å². The number of nitrogens with zero attached hydrogens (tertiary/aromatic N) is 6. The predicted molar refractivity (Wildman–Crippen MR) is 201 cm³/mol. The molecule has 4 fully saturated rings. The van der Waals surface area contributed by atoms with Gasteiger partial charge in [0.2, 0.25) is 17.7 Å². The monoisotopic (exact) mass is 720 g/mol. The number of hydrogen-bond donors (Lipinski definition) is 0. The van der Waals surface area contributed by atoms with Crippen LogP contribution in [-0.4, -0.2) is 108 Å². The van der Waals surface area contributed by atoms with Crippen molar-refractivity contribution in [3.63, 3.8) is 0 Å². The van der Waals surface area contributed by atoms with Crippen LogP contribution in [0.25, 0.3) is 33.6 Å². The average molecular weight is 721 g/mol. The Morgan fingerprint density at radius 3 is 1.94 bits per heavy atom. The van der Waals surface area contributed by atoms with Crippen LogP contribution in [0.4, 0.5) is 0 Å². The third-order valence-corrected chi connectivity index (χ3v) is 11.9. The summed E-state index contributed by atoms with van der Waals surface area (Å²) in [4.78, 5) is 41.7. The Morgan fingerprint density at radius 1 is 0.750 bits per heavy atom. The van der Waals surface area contributed by atoms with Crippen molar-refractivity contribution in [1.29, 1.82) is 0 Å². The minimum atomic E-state index is 0.157. The number of amides is 2. The fraction of sp³-hybridized carbons (Fsp3) is 0.415. The molecule has 0 N–H and O–H groups in total. The average Bonchev–Trinajstić information content (AvgIpc) is 3.06. The molecule has 0 saturated carbocycles. The van der Waals surface area contributed by atoms with Gasteiger partial charge in [-0.15, -0.1) is 0 Å². The van der Waals surface area contributed by atoms with Crippen LogP contribution in [0.2, 0.25) is 5.02 Å². The highest BCUT2D eigenvalue weighted by Gasteiger charge is 2.53. The lowest BCUT2D eigenvalue weighted by Gasteiger charge is -2.60. The number of pyridine rings is 2. The predicted octanol–water partition coefficient (Wildman–Crippen LogP) is 5.78. The van der Waals surface area contributed by atoms with Crippen LogP contribution in [0, 0.1) is 17.8 Å². The quantitative estimate of drug-likeness (QED) is 0.215. The molecule has 0 radical (unpaired) electrons. The summed E-state index contributed by atoms with van der Waals surface area (Å²) in [6.45, 7) is 14.3. The van der Waals surface area contributed by atoms with E-state index in [9.17, 15) is 9.59 Å². The molecule has 52 heavy (non-hydrogen) atoms. The number of halogens is 1. The molecule has 8 rings (SSSR count). The summed E-state index contributed by atoms with van der Waals surface area (Å²) in [7, 11) is 3.37. The molecule has 6 heterocycles. The van der Waals surface area contributed by atoms with Crippen molar-refractivity contribution in [3.05, 3.63) is 82.5 Å². The second kappa shape index (κ2) is 13.2. The van der Waals surface area contributed by atoms with Crippen molar-refractivity contribution in [2.24, 2.45) is 10.8 Å². The van der Waals surface area contributed by atoms with Crippen LogP contribution >= 0.6 is 11.6 Å².